The van der Waals surface area contributed by atoms with E-state index in [1.807, 2.05) is 26.0 Å². The maximum absolute atomic E-state index is 4.54. The number of rotatable bonds is 3. The number of nitrogens with one attached hydrogen (secondary N) is 1. The molecule has 0 aromatic carbocycles. The molecule has 1 fully saturated rings. The third-order valence-corrected chi connectivity index (χ3v) is 3.12. The van der Waals surface area contributed by atoms with E-state index >= 15 is 0 Å². The first-order valence-electron chi connectivity index (χ1n) is 6.57. The van der Waals surface area contributed by atoms with Crippen molar-refractivity contribution in [3.8, 4) is 0 Å². The van der Waals surface area contributed by atoms with Crippen molar-refractivity contribution in [1.82, 2.24) is 15.0 Å². The van der Waals surface area contributed by atoms with Crippen molar-refractivity contribution in [2.24, 2.45) is 0 Å². The third-order valence-electron chi connectivity index (χ3n) is 3.12. The van der Waals surface area contributed by atoms with Crippen molar-refractivity contribution in [3.63, 3.8) is 0 Å². The van der Waals surface area contributed by atoms with E-state index in [4.69, 9.17) is 0 Å². The van der Waals surface area contributed by atoms with Gasteiger partial charge in [-0.2, -0.15) is 15.0 Å². The highest BCUT2D eigenvalue weighted by Gasteiger charge is 2.15. The lowest BCUT2D eigenvalue weighted by Crippen LogP contribution is -2.27. The van der Waals surface area contributed by atoms with Crippen molar-refractivity contribution < 1.29 is 0 Å². The van der Waals surface area contributed by atoms with E-state index in [2.05, 4.69) is 25.2 Å². The van der Waals surface area contributed by atoms with Crippen LogP contribution in [0.5, 0.6) is 0 Å². The summed E-state index contributed by atoms with van der Waals surface area (Å²) in [5, 5.41) is 3.00. The minimum atomic E-state index is 0.632. The number of anilines is 3. The van der Waals surface area contributed by atoms with Gasteiger partial charge in [-0.05, 0) is 12.8 Å². The average Bonchev–Trinajstić information content (AvgIpc) is 2.67. The fourth-order valence-electron chi connectivity index (χ4n) is 2.08. The molecule has 0 amide bonds. The van der Waals surface area contributed by atoms with E-state index in [-0.39, 0.29) is 0 Å². The molecule has 0 bridgehead atoms. The first-order chi connectivity index (χ1) is 8.70. The Morgan fingerprint density at radius 3 is 2.22 bits per heavy atom. The molecule has 1 N–H and O–H groups in total. The predicted octanol–water partition coefficient (Wildman–Crippen LogP) is 1.36. The smallest absolute Gasteiger partial charge is 0.231 e. The third kappa shape index (κ3) is 3.00. The van der Waals surface area contributed by atoms with Gasteiger partial charge < -0.3 is 15.1 Å². The van der Waals surface area contributed by atoms with Gasteiger partial charge in [0.25, 0.3) is 0 Å². The second-order valence-corrected chi connectivity index (χ2v) is 4.80. The van der Waals surface area contributed by atoms with Gasteiger partial charge >= 0.3 is 0 Å². The van der Waals surface area contributed by atoms with Crippen LogP contribution in [0.25, 0.3) is 0 Å². The molecule has 6 heteroatoms. The first kappa shape index (κ1) is 12.9. The highest BCUT2D eigenvalue weighted by Crippen LogP contribution is 2.18. The lowest BCUT2D eigenvalue weighted by Gasteiger charge is -2.22. The van der Waals surface area contributed by atoms with Crippen LogP contribution < -0.4 is 15.1 Å². The molecule has 2 rings (SSSR count). The highest BCUT2D eigenvalue weighted by molar-refractivity contribution is 5.44. The van der Waals surface area contributed by atoms with Crippen LogP contribution in [0, 0.1) is 0 Å². The maximum Gasteiger partial charge on any atom is 0.231 e. The zero-order valence-corrected chi connectivity index (χ0v) is 11.5. The van der Waals surface area contributed by atoms with Gasteiger partial charge in [0.1, 0.15) is 0 Å². The topological polar surface area (TPSA) is 57.2 Å². The standard InChI is InChI=1S/C12H22N6/c1-13-10-14-11(17(2)3)16-12(15-10)18-8-6-4-5-7-9-18/h4-9H2,1-3H3,(H,13,14,15,16). The fraction of sp³-hybridized carbons (Fsp3) is 0.750. The Morgan fingerprint density at radius 2 is 1.67 bits per heavy atom. The molecule has 1 saturated heterocycles. The van der Waals surface area contributed by atoms with E-state index in [0.717, 1.165) is 19.0 Å². The summed E-state index contributed by atoms with van der Waals surface area (Å²) < 4.78 is 0. The minimum absolute atomic E-state index is 0.632. The van der Waals surface area contributed by atoms with Gasteiger partial charge in [-0.1, -0.05) is 12.8 Å². The van der Waals surface area contributed by atoms with Crippen LogP contribution in [0.1, 0.15) is 25.7 Å². The molecular weight excluding hydrogens is 228 g/mol. The quantitative estimate of drug-likeness (QED) is 0.874. The summed E-state index contributed by atoms with van der Waals surface area (Å²) in [6.07, 6.45) is 5.05. The number of hydrogen-bond acceptors (Lipinski definition) is 6. The zero-order chi connectivity index (χ0) is 13.0. The molecule has 0 spiro atoms. The van der Waals surface area contributed by atoms with Gasteiger partial charge in [0.2, 0.25) is 17.8 Å². The Morgan fingerprint density at radius 1 is 1.00 bits per heavy atom. The van der Waals surface area contributed by atoms with Crippen LogP contribution in [-0.4, -0.2) is 49.2 Å². The maximum atomic E-state index is 4.54. The molecule has 1 aromatic rings. The molecular formula is C12H22N6. The van der Waals surface area contributed by atoms with Gasteiger partial charge in [-0.15, -0.1) is 0 Å². The van der Waals surface area contributed by atoms with E-state index in [1.165, 1.54) is 25.7 Å². The summed E-state index contributed by atoms with van der Waals surface area (Å²) in [5.74, 6) is 2.13. The van der Waals surface area contributed by atoms with Crippen LogP contribution in [0.2, 0.25) is 0 Å². The van der Waals surface area contributed by atoms with E-state index < -0.39 is 0 Å². The fourth-order valence-corrected chi connectivity index (χ4v) is 2.08. The number of hydrogen-bond donors (Lipinski definition) is 1. The summed E-state index contributed by atoms with van der Waals surface area (Å²) in [5.41, 5.74) is 0. The van der Waals surface area contributed by atoms with Gasteiger partial charge in [0, 0.05) is 34.2 Å². The summed E-state index contributed by atoms with van der Waals surface area (Å²) >= 11 is 0. The lowest BCUT2D eigenvalue weighted by molar-refractivity contribution is 0.726. The van der Waals surface area contributed by atoms with Gasteiger partial charge in [0.15, 0.2) is 0 Å². The molecule has 0 radical (unpaired) electrons. The SMILES string of the molecule is CNc1nc(N(C)C)nc(N2CCCCCC2)n1. The van der Waals surface area contributed by atoms with Crippen LogP contribution in [0.3, 0.4) is 0 Å². The highest BCUT2D eigenvalue weighted by atomic mass is 15.3. The number of nitrogens with zero attached hydrogens (tertiary/aromatic N) is 5. The Labute approximate surface area is 108 Å². The molecule has 18 heavy (non-hydrogen) atoms. The Hall–Kier alpha value is -1.59. The molecule has 100 valence electrons. The van der Waals surface area contributed by atoms with Crippen molar-refractivity contribution >= 4 is 17.8 Å². The minimum Gasteiger partial charge on any atom is -0.357 e. The summed E-state index contributed by atoms with van der Waals surface area (Å²) in [4.78, 5) is 17.5. The van der Waals surface area contributed by atoms with Gasteiger partial charge in [0.05, 0.1) is 0 Å². The predicted molar refractivity (Wildman–Crippen MR) is 74.4 cm³/mol. The second kappa shape index (κ2) is 5.84. The van der Waals surface area contributed by atoms with Crippen molar-refractivity contribution in [2.45, 2.75) is 25.7 Å². The molecule has 2 heterocycles. The largest absolute Gasteiger partial charge is 0.357 e. The van der Waals surface area contributed by atoms with E-state index in [9.17, 15) is 0 Å². The van der Waals surface area contributed by atoms with E-state index in [0.29, 0.717) is 11.9 Å². The second-order valence-electron chi connectivity index (χ2n) is 4.80. The number of aromatic nitrogens is 3. The molecule has 1 aliphatic rings. The monoisotopic (exact) mass is 250 g/mol. The van der Waals surface area contributed by atoms with Crippen molar-refractivity contribution in [2.75, 3.05) is 49.3 Å². The summed E-state index contributed by atoms with van der Waals surface area (Å²) in [6.45, 7) is 2.08. The Bertz CT molecular complexity index is 384. The van der Waals surface area contributed by atoms with Crippen LogP contribution in [0.4, 0.5) is 17.8 Å². The van der Waals surface area contributed by atoms with Crippen LogP contribution in [0.15, 0.2) is 0 Å². The zero-order valence-electron chi connectivity index (χ0n) is 11.5. The molecule has 0 aliphatic carbocycles. The van der Waals surface area contributed by atoms with Gasteiger partial charge in [-0.25, -0.2) is 0 Å². The molecule has 1 aromatic heterocycles. The molecule has 0 unspecified atom stereocenters. The van der Waals surface area contributed by atoms with Crippen LogP contribution >= 0.6 is 0 Å². The molecule has 0 saturated carbocycles. The van der Waals surface area contributed by atoms with Crippen LogP contribution in [-0.2, 0) is 0 Å². The van der Waals surface area contributed by atoms with E-state index in [1.54, 1.807) is 0 Å². The van der Waals surface area contributed by atoms with Gasteiger partial charge in [-0.3, -0.25) is 0 Å². The lowest BCUT2D eigenvalue weighted by atomic mass is 10.2. The molecule has 0 atom stereocenters. The Balaban J connectivity index is 2.27. The molecule has 1 aliphatic heterocycles. The Kier molecular flexibility index (Phi) is 4.17. The summed E-state index contributed by atoms with van der Waals surface area (Å²) in [7, 11) is 5.73. The summed E-state index contributed by atoms with van der Waals surface area (Å²) in [6, 6.07) is 0. The molecule has 6 nitrogen and oxygen atoms in total. The average molecular weight is 250 g/mol. The first-order valence-corrected chi connectivity index (χ1v) is 6.57. The normalized spacial score (nSPS) is 16.3. The van der Waals surface area contributed by atoms with Crippen molar-refractivity contribution in [1.29, 1.82) is 0 Å². The van der Waals surface area contributed by atoms with Crippen molar-refractivity contribution in [3.05, 3.63) is 0 Å².